The minimum atomic E-state index is 0.290. The van der Waals surface area contributed by atoms with Gasteiger partial charge in [-0.3, -0.25) is 0 Å². The van der Waals surface area contributed by atoms with Crippen molar-refractivity contribution in [3.8, 4) is 0 Å². The third-order valence-corrected chi connectivity index (χ3v) is 0.881. The average Bonchev–Trinajstić information content (AvgIpc) is 1.63. The summed E-state index contributed by atoms with van der Waals surface area (Å²) >= 11 is 0. The Morgan fingerprint density at radius 1 is 1.33 bits per heavy atom. The molecule has 0 aliphatic rings. The molecule has 0 saturated carbocycles. The van der Waals surface area contributed by atoms with Crippen LogP contribution in [-0.4, -0.2) is 13.7 Å². The Balaban J connectivity index is 3.45. The molecule has 0 aromatic carbocycles. The fourth-order valence-corrected chi connectivity index (χ4v) is 0.498. The van der Waals surface area contributed by atoms with Crippen molar-refractivity contribution in [1.29, 1.82) is 0 Å². The molecule has 0 aliphatic heterocycles. The van der Waals surface area contributed by atoms with E-state index >= 15 is 0 Å². The van der Waals surface area contributed by atoms with Crippen LogP contribution in [0.5, 0.6) is 0 Å². The summed E-state index contributed by atoms with van der Waals surface area (Å²) in [4.78, 5) is 0. The average molecular weight is 128 g/mol. The lowest BCUT2D eigenvalue weighted by Crippen LogP contribution is -1.99. The van der Waals surface area contributed by atoms with Gasteiger partial charge in [0.15, 0.2) is 0 Å². The molecule has 0 saturated heterocycles. The van der Waals surface area contributed by atoms with E-state index in [0.29, 0.717) is 5.41 Å². The van der Waals surface area contributed by atoms with Crippen LogP contribution >= 0.6 is 0 Å². The highest BCUT2D eigenvalue weighted by molar-refractivity contribution is 4.91. The molecule has 0 fully saturated rings. The molecule has 0 aromatic rings. The maximum Gasteiger partial charge on any atom is 0.0643 e. The number of hydrogen-bond acceptors (Lipinski definition) is 1. The molecule has 9 heavy (non-hydrogen) atoms. The minimum absolute atomic E-state index is 0.290. The van der Waals surface area contributed by atoms with E-state index in [1.165, 1.54) is 0 Å². The summed E-state index contributed by atoms with van der Waals surface area (Å²) in [5.74, 6) is 0. The van der Waals surface area contributed by atoms with Crippen molar-refractivity contribution in [2.24, 2.45) is 5.41 Å². The second-order valence-corrected chi connectivity index (χ2v) is 3.22. The van der Waals surface area contributed by atoms with Crippen LogP contribution in [0.4, 0.5) is 0 Å². The van der Waals surface area contributed by atoms with Gasteiger partial charge < -0.3 is 4.74 Å². The van der Waals surface area contributed by atoms with Crippen LogP contribution in [0.3, 0.4) is 0 Å². The van der Waals surface area contributed by atoms with Gasteiger partial charge in [0, 0.05) is 7.11 Å². The molecule has 0 unspecified atom stereocenters. The Morgan fingerprint density at radius 2 is 1.89 bits per heavy atom. The van der Waals surface area contributed by atoms with E-state index in [2.05, 4.69) is 26.8 Å². The van der Waals surface area contributed by atoms with E-state index in [9.17, 15) is 0 Å². The van der Waals surface area contributed by atoms with Crippen molar-refractivity contribution < 1.29 is 4.74 Å². The number of allylic oxidation sites excluding steroid dienone is 1. The molecule has 0 aliphatic carbocycles. The highest BCUT2D eigenvalue weighted by atomic mass is 16.5. The molecule has 0 rings (SSSR count). The largest absolute Gasteiger partial charge is 0.381 e. The van der Waals surface area contributed by atoms with Gasteiger partial charge in [-0.15, -0.1) is 0 Å². The van der Waals surface area contributed by atoms with Gasteiger partial charge in [0.2, 0.25) is 0 Å². The van der Waals surface area contributed by atoms with Crippen molar-refractivity contribution in [2.45, 2.75) is 20.8 Å². The molecule has 0 spiro atoms. The Bertz CT molecular complexity index is 87.2. The van der Waals surface area contributed by atoms with E-state index < -0.39 is 0 Å². The predicted molar refractivity (Wildman–Crippen MR) is 40.5 cm³/mol. The van der Waals surface area contributed by atoms with Crippen LogP contribution in [0, 0.1) is 5.41 Å². The lowest BCUT2D eigenvalue weighted by atomic mass is 9.96. The lowest BCUT2D eigenvalue weighted by Gasteiger charge is -2.10. The van der Waals surface area contributed by atoms with E-state index in [4.69, 9.17) is 4.74 Å². The zero-order chi connectivity index (χ0) is 7.33. The highest BCUT2D eigenvalue weighted by Gasteiger charge is 2.01. The molecule has 0 bridgehead atoms. The molecule has 1 heteroatoms. The van der Waals surface area contributed by atoms with E-state index in [0.717, 1.165) is 6.61 Å². The third-order valence-electron chi connectivity index (χ3n) is 0.881. The monoisotopic (exact) mass is 128 g/mol. The molecule has 0 aromatic heterocycles. The Hall–Kier alpha value is -0.300. The van der Waals surface area contributed by atoms with Gasteiger partial charge in [-0.25, -0.2) is 0 Å². The Morgan fingerprint density at radius 3 is 2.22 bits per heavy atom. The number of methoxy groups -OCH3 is 1. The van der Waals surface area contributed by atoms with Crippen molar-refractivity contribution >= 4 is 0 Å². The minimum Gasteiger partial charge on any atom is -0.381 e. The van der Waals surface area contributed by atoms with Crippen LogP contribution in [0.1, 0.15) is 20.8 Å². The first-order chi connectivity index (χ1) is 4.06. The molecule has 0 heterocycles. The maximum atomic E-state index is 4.85. The molecule has 54 valence electrons. The van der Waals surface area contributed by atoms with E-state index in [1.807, 2.05) is 6.08 Å². The van der Waals surface area contributed by atoms with Crippen LogP contribution < -0.4 is 0 Å². The van der Waals surface area contributed by atoms with Crippen molar-refractivity contribution in [3.63, 3.8) is 0 Å². The van der Waals surface area contributed by atoms with Crippen molar-refractivity contribution in [1.82, 2.24) is 0 Å². The summed E-state index contributed by atoms with van der Waals surface area (Å²) in [6, 6.07) is 0. The van der Waals surface area contributed by atoms with Crippen LogP contribution in [0.25, 0.3) is 0 Å². The highest BCUT2D eigenvalue weighted by Crippen LogP contribution is 2.13. The summed E-state index contributed by atoms with van der Waals surface area (Å²) in [7, 11) is 1.70. The zero-order valence-corrected chi connectivity index (χ0v) is 6.77. The third kappa shape index (κ3) is 7.70. The molecule has 0 atom stereocenters. The first-order valence-corrected chi connectivity index (χ1v) is 3.23. The van der Waals surface area contributed by atoms with Gasteiger partial charge in [-0.1, -0.05) is 32.9 Å². The standard InChI is InChI=1S/C8H16O/c1-8(2,3)6-5-7-9-4/h5-6H,7H2,1-4H3/b6-5+. The SMILES string of the molecule is COC/C=C/C(C)(C)C. The second kappa shape index (κ2) is 3.67. The van der Waals surface area contributed by atoms with Gasteiger partial charge >= 0.3 is 0 Å². The van der Waals surface area contributed by atoms with Crippen LogP contribution in [0.2, 0.25) is 0 Å². The smallest absolute Gasteiger partial charge is 0.0643 e. The molecule has 0 amide bonds. The first-order valence-electron chi connectivity index (χ1n) is 3.23. The quantitative estimate of drug-likeness (QED) is 0.518. The number of rotatable bonds is 2. The fraction of sp³-hybridized carbons (Fsp3) is 0.750. The van der Waals surface area contributed by atoms with E-state index in [1.54, 1.807) is 7.11 Å². The summed E-state index contributed by atoms with van der Waals surface area (Å²) in [5, 5.41) is 0. The molecular formula is C8H16O. The van der Waals surface area contributed by atoms with Gasteiger partial charge in [0.1, 0.15) is 0 Å². The van der Waals surface area contributed by atoms with Gasteiger partial charge in [-0.2, -0.15) is 0 Å². The summed E-state index contributed by atoms with van der Waals surface area (Å²) in [6.45, 7) is 7.22. The van der Waals surface area contributed by atoms with Crippen LogP contribution in [-0.2, 0) is 4.74 Å². The second-order valence-electron chi connectivity index (χ2n) is 3.22. The van der Waals surface area contributed by atoms with Gasteiger partial charge in [0.25, 0.3) is 0 Å². The molecule has 1 nitrogen and oxygen atoms in total. The summed E-state index contributed by atoms with van der Waals surface area (Å²) in [5.41, 5.74) is 0.290. The molecule has 0 N–H and O–H groups in total. The normalized spacial score (nSPS) is 12.9. The number of hydrogen-bond donors (Lipinski definition) is 0. The Kier molecular flexibility index (Phi) is 3.55. The Labute approximate surface area is 57.7 Å². The van der Waals surface area contributed by atoms with Gasteiger partial charge in [0.05, 0.1) is 6.61 Å². The summed E-state index contributed by atoms with van der Waals surface area (Å²) < 4.78 is 4.85. The van der Waals surface area contributed by atoms with E-state index in [-0.39, 0.29) is 0 Å². The lowest BCUT2D eigenvalue weighted by molar-refractivity contribution is 0.233. The zero-order valence-electron chi connectivity index (χ0n) is 6.77. The van der Waals surface area contributed by atoms with Gasteiger partial charge in [-0.05, 0) is 5.41 Å². The number of ether oxygens (including phenoxy) is 1. The van der Waals surface area contributed by atoms with Crippen molar-refractivity contribution in [2.75, 3.05) is 13.7 Å². The fourth-order valence-electron chi connectivity index (χ4n) is 0.498. The maximum absolute atomic E-state index is 4.85. The van der Waals surface area contributed by atoms with Crippen LogP contribution in [0.15, 0.2) is 12.2 Å². The molecule has 0 radical (unpaired) electrons. The summed E-state index contributed by atoms with van der Waals surface area (Å²) in [6.07, 6.45) is 4.19. The molecular weight excluding hydrogens is 112 g/mol. The topological polar surface area (TPSA) is 9.23 Å². The van der Waals surface area contributed by atoms with Crippen molar-refractivity contribution in [3.05, 3.63) is 12.2 Å². The first kappa shape index (κ1) is 8.70. The predicted octanol–water partition coefficient (Wildman–Crippen LogP) is 2.24.